The van der Waals surface area contributed by atoms with Gasteiger partial charge in [0.05, 0.1) is 0 Å². The molecule has 0 spiro atoms. The van der Waals surface area contributed by atoms with Crippen LogP contribution in [0.2, 0.25) is 0 Å². The Hall–Kier alpha value is -0.190. The molecule has 0 fully saturated rings. The molecule has 19 heavy (non-hydrogen) atoms. The maximum absolute atomic E-state index is 12.9. The van der Waals surface area contributed by atoms with Gasteiger partial charge in [-0.2, -0.15) is 0 Å². The van der Waals surface area contributed by atoms with Crippen LogP contribution < -0.4 is 0 Å². The van der Waals surface area contributed by atoms with E-state index < -0.39 is 0 Å². The van der Waals surface area contributed by atoms with Crippen molar-refractivity contribution in [2.24, 2.45) is 0 Å². The van der Waals surface area contributed by atoms with Crippen LogP contribution in [-0.2, 0) is 0 Å². The van der Waals surface area contributed by atoms with Crippen molar-refractivity contribution >= 4 is 47.8 Å². The summed E-state index contributed by atoms with van der Waals surface area (Å²) in [7, 11) is 0. The van der Waals surface area contributed by atoms with Crippen molar-refractivity contribution in [1.29, 1.82) is 0 Å². The molecule has 0 aromatic heterocycles. The molecular formula is C15H12Br3F. The smallest absolute Gasteiger partial charge is 0.123 e. The first kappa shape index (κ1) is 15.2. The van der Waals surface area contributed by atoms with Gasteiger partial charge < -0.3 is 0 Å². The standard InChI is InChI=1S/C15H12Br3F/c16-13-4-2-1-3-12(13)15(18)9-14(17)10-5-7-11(19)8-6-10/h1-8,14-15H,9H2. The molecule has 2 unspecified atom stereocenters. The van der Waals surface area contributed by atoms with Crippen molar-refractivity contribution in [2.75, 3.05) is 0 Å². The van der Waals surface area contributed by atoms with Crippen LogP contribution in [-0.4, -0.2) is 0 Å². The summed E-state index contributed by atoms with van der Waals surface area (Å²) in [5.74, 6) is -0.204. The molecule has 0 saturated carbocycles. The molecule has 0 bridgehead atoms. The Bertz CT molecular complexity index is 539. The van der Waals surface area contributed by atoms with Gasteiger partial charge in [-0.3, -0.25) is 0 Å². The van der Waals surface area contributed by atoms with Crippen molar-refractivity contribution in [3.63, 3.8) is 0 Å². The highest BCUT2D eigenvalue weighted by Crippen LogP contribution is 2.39. The van der Waals surface area contributed by atoms with E-state index in [2.05, 4.69) is 53.9 Å². The van der Waals surface area contributed by atoms with Gasteiger partial charge in [0.15, 0.2) is 0 Å². The minimum atomic E-state index is -0.204. The van der Waals surface area contributed by atoms with Crippen LogP contribution in [0.3, 0.4) is 0 Å². The molecule has 2 aromatic carbocycles. The molecule has 0 saturated heterocycles. The molecule has 0 amide bonds. The second-order valence-corrected chi connectivity index (χ2v) is 7.31. The molecule has 0 radical (unpaired) electrons. The van der Waals surface area contributed by atoms with Crippen molar-refractivity contribution in [2.45, 2.75) is 16.1 Å². The quantitative estimate of drug-likeness (QED) is 0.463. The molecule has 4 heteroatoms. The Morgan fingerprint density at radius 1 is 0.895 bits per heavy atom. The van der Waals surface area contributed by atoms with Gasteiger partial charge in [-0.15, -0.1) is 0 Å². The van der Waals surface area contributed by atoms with Crippen LogP contribution >= 0.6 is 47.8 Å². The highest BCUT2D eigenvalue weighted by molar-refractivity contribution is 9.11. The molecule has 0 aliphatic carbocycles. The minimum Gasteiger partial charge on any atom is -0.207 e. The molecule has 0 heterocycles. The number of benzene rings is 2. The van der Waals surface area contributed by atoms with Crippen LogP contribution in [0.5, 0.6) is 0 Å². The maximum Gasteiger partial charge on any atom is 0.123 e. The first-order valence-electron chi connectivity index (χ1n) is 5.86. The van der Waals surface area contributed by atoms with Crippen molar-refractivity contribution in [3.05, 3.63) is 69.9 Å². The van der Waals surface area contributed by atoms with E-state index in [1.165, 1.54) is 17.7 Å². The summed E-state index contributed by atoms with van der Waals surface area (Å²) in [4.78, 5) is 0.419. The van der Waals surface area contributed by atoms with Gasteiger partial charge in [-0.05, 0) is 35.7 Å². The SMILES string of the molecule is Fc1ccc(C(Br)CC(Br)c2ccccc2Br)cc1. The Labute approximate surface area is 137 Å². The second kappa shape index (κ2) is 7.00. The topological polar surface area (TPSA) is 0 Å². The van der Waals surface area contributed by atoms with Crippen molar-refractivity contribution < 1.29 is 4.39 Å². The molecular weight excluding hydrogens is 439 g/mol. The zero-order chi connectivity index (χ0) is 13.8. The van der Waals surface area contributed by atoms with Crippen LogP contribution in [0.25, 0.3) is 0 Å². The van der Waals surface area contributed by atoms with E-state index in [-0.39, 0.29) is 15.5 Å². The first-order valence-corrected chi connectivity index (χ1v) is 8.48. The Kier molecular flexibility index (Phi) is 5.60. The maximum atomic E-state index is 12.9. The van der Waals surface area contributed by atoms with Gasteiger partial charge in [0.25, 0.3) is 0 Å². The van der Waals surface area contributed by atoms with Gasteiger partial charge in [0.2, 0.25) is 0 Å². The van der Waals surface area contributed by atoms with Gasteiger partial charge in [-0.25, -0.2) is 4.39 Å². The van der Waals surface area contributed by atoms with E-state index in [0.29, 0.717) is 0 Å². The number of alkyl halides is 2. The molecule has 0 aliphatic heterocycles. The van der Waals surface area contributed by atoms with Gasteiger partial charge in [0.1, 0.15) is 5.82 Å². The zero-order valence-electron chi connectivity index (χ0n) is 9.99. The fraction of sp³-hybridized carbons (Fsp3) is 0.200. The highest BCUT2D eigenvalue weighted by Gasteiger charge is 2.16. The largest absolute Gasteiger partial charge is 0.207 e. The third kappa shape index (κ3) is 4.14. The van der Waals surface area contributed by atoms with Crippen LogP contribution in [0.1, 0.15) is 27.2 Å². The van der Waals surface area contributed by atoms with Crippen molar-refractivity contribution in [1.82, 2.24) is 0 Å². The van der Waals surface area contributed by atoms with Crippen LogP contribution in [0.15, 0.2) is 53.0 Å². The summed E-state index contributed by atoms with van der Waals surface area (Å²) < 4.78 is 14.0. The lowest BCUT2D eigenvalue weighted by Crippen LogP contribution is -1.97. The fourth-order valence-corrected chi connectivity index (χ4v) is 4.67. The summed E-state index contributed by atoms with van der Waals surface area (Å²) in [5, 5.41) is 0. The summed E-state index contributed by atoms with van der Waals surface area (Å²) in [6.45, 7) is 0. The van der Waals surface area contributed by atoms with Gasteiger partial charge in [-0.1, -0.05) is 78.1 Å². The lowest BCUT2D eigenvalue weighted by atomic mass is 10.0. The lowest BCUT2D eigenvalue weighted by Gasteiger charge is -2.16. The minimum absolute atomic E-state index is 0.185. The highest BCUT2D eigenvalue weighted by atomic mass is 79.9. The molecule has 2 atom stereocenters. The number of hydrogen-bond donors (Lipinski definition) is 0. The van der Waals surface area contributed by atoms with Crippen molar-refractivity contribution in [3.8, 4) is 0 Å². The monoisotopic (exact) mass is 448 g/mol. The van der Waals surface area contributed by atoms with E-state index in [0.717, 1.165) is 16.5 Å². The Balaban J connectivity index is 2.08. The zero-order valence-corrected chi connectivity index (χ0v) is 14.8. The molecule has 2 aromatic rings. The summed E-state index contributed by atoms with van der Waals surface area (Å²) in [5.41, 5.74) is 2.30. The molecule has 0 aliphatic rings. The summed E-state index contributed by atoms with van der Waals surface area (Å²) in [6, 6.07) is 14.8. The normalized spacial score (nSPS) is 14.1. The van der Waals surface area contributed by atoms with Crippen LogP contribution in [0.4, 0.5) is 4.39 Å². The van der Waals surface area contributed by atoms with Crippen LogP contribution in [0, 0.1) is 5.82 Å². The first-order chi connectivity index (χ1) is 9.08. The Morgan fingerprint density at radius 3 is 2.16 bits per heavy atom. The molecule has 2 rings (SSSR count). The van der Waals surface area contributed by atoms with E-state index in [9.17, 15) is 4.39 Å². The molecule has 0 N–H and O–H groups in total. The molecule has 100 valence electrons. The Morgan fingerprint density at radius 2 is 1.53 bits per heavy atom. The fourth-order valence-electron chi connectivity index (χ4n) is 1.85. The third-order valence-electron chi connectivity index (χ3n) is 2.89. The average Bonchev–Trinajstić information content (AvgIpc) is 2.39. The summed E-state index contributed by atoms with van der Waals surface area (Å²) >= 11 is 10.9. The van der Waals surface area contributed by atoms with E-state index in [1.54, 1.807) is 0 Å². The molecule has 0 nitrogen and oxygen atoms in total. The van der Waals surface area contributed by atoms with E-state index >= 15 is 0 Å². The number of hydrogen-bond acceptors (Lipinski definition) is 0. The predicted molar refractivity (Wildman–Crippen MR) is 88.5 cm³/mol. The van der Waals surface area contributed by atoms with Gasteiger partial charge >= 0.3 is 0 Å². The third-order valence-corrected chi connectivity index (χ3v) is 5.38. The number of halogens is 4. The lowest BCUT2D eigenvalue weighted by molar-refractivity contribution is 0.626. The summed E-state index contributed by atoms with van der Waals surface area (Å²) in [6.07, 6.45) is 0.883. The van der Waals surface area contributed by atoms with E-state index in [4.69, 9.17) is 0 Å². The number of rotatable bonds is 4. The second-order valence-electron chi connectivity index (χ2n) is 4.24. The van der Waals surface area contributed by atoms with Gasteiger partial charge in [0, 0.05) is 14.1 Å². The predicted octanol–water partition coefficient (Wildman–Crippen LogP) is 6.55. The average molecular weight is 451 g/mol. The van der Waals surface area contributed by atoms with E-state index in [1.807, 2.05) is 30.3 Å².